The van der Waals surface area contributed by atoms with Crippen molar-refractivity contribution in [2.75, 3.05) is 6.61 Å². The number of carbonyl (C=O) groups is 1. The highest BCUT2D eigenvalue weighted by molar-refractivity contribution is 9.10. The summed E-state index contributed by atoms with van der Waals surface area (Å²) in [6, 6.07) is 19.6. The van der Waals surface area contributed by atoms with Crippen LogP contribution in [0.3, 0.4) is 0 Å². The number of rotatable bonds is 5. The molecule has 0 aliphatic rings. The first-order valence-corrected chi connectivity index (χ1v) is 8.61. The Hall–Kier alpha value is -2.66. The summed E-state index contributed by atoms with van der Waals surface area (Å²) < 4.78 is 6.43. The first kappa shape index (κ1) is 17.2. The highest BCUT2D eigenvalue weighted by Gasteiger charge is 2.08. The normalized spacial score (nSPS) is 11.0. The summed E-state index contributed by atoms with van der Waals surface area (Å²) in [7, 11) is 0. The third-order valence-electron chi connectivity index (χ3n) is 3.63. The van der Waals surface area contributed by atoms with Crippen molar-refractivity contribution < 1.29 is 9.53 Å². The van der Waals surface area contributed by atoms with Crippen molar-refractivity contribution in [1.29, 1.82) is 0 Å². The fraction of sp³-hybridized carbons (Fsp3) is 0.100. The molecule has 0 unspecified atom stereocenters. The molecule has 0 aliphatic carbocycles. The predicted molar refractivity (Wildman–Crippen MR) is 104 cm³/mol. The molecule has 0 saturated heterocycles. The second-order valence-corrected chi connectivity index (χ2v) is 6.39. The van der Waals surface area contributed by atoms with Crippen molar-refractivity contribution in [3.8, 4) is 5.75 Å². The number of aryl methyl sites for hydroxylation is 1. The zero-order valence-electron chi connectivity index (χ0n) is 13.7. The number of fused-ring (bicyclic) bond motifs is 1. The summed E-state index contributed by atoms with van der Waals surface area (Å²) >= 11 is 3.54. The third kappa shape index (κ3) is 4.45. The van der Waals surface area contributed by atoms with E-state index in [1.165, 1.54) is 0 Å². The van der Waals surface area contributed by atoms with Gasteiger partial charge in [-0.05, 0) is 45.3 Å². The molecule has 0 aromatic heterocycles. The minimum Gasteiger partial charge on any atom is -0.483 e. The Morgan fingerprint density at radius 3 is 2.84 bits per heavy atom. The Morgan fingerprint density at radius 1 is 1.16 bits per heavy atom. The molecule has 3 rings (SSSR count). The quantitative estimate of drug-likeness (QED) is 0.511. The molecule has 1 amide bonds. The summed E-state index contributed by atoms with van der Waals surface area (Å²) in [5.74, 6) is 0.306. The van der Waals surface area contributed by atoms with Crippen molar-refractivity contribution in [2.24, 2.45) is 5.10 Å². The van der Waals surface area contributed by atoms with E-state index in [2.05, 4.69) is 26.5 Å². The minimum absolute atomic E-state index is 0.109. The maximum absolute atomic E-state index is 11.9. The van der Waals surface area contributed by atoms with Gasteiger partial charge in [-0.25, -0.2) is 5.43 Å². The van der Waals surface area contributed by atoms with Gasteiger partial charge in [0.1, 0.15) is 5.75 Å². The molecule has 0 bridgehead atoms. The molecule has 5 heteroatoms. The average Bonchev–Trinajstić information content (AvgIpc) is 2.61. The number of hydrazone groups is 1. The van der Waals surface area contributed by atoms with Crippen LogP contribution in [0.15, 0.2) is 70.2 Å². The standard InChI is InChI=1S/C20H17BrN2O2/c1-14-5-4-6-15(11-14)12-22-23-19(24)13-25-18-10-9-16-7-2-3-8-17(16)20(18)21/h2-12H,13H2,1H3,(H,23,24)/b22-12+. The number of nitrogens with one attached hydrogen (secondary N) is 1. The smallest absolute Gasteiger partial charge is 0.277 e. The highest BCUT2D eigenvalue weighted by atomic mass is 79.9. The van der Waals surface area contributed by atoms with Crippen molar-refractivity contribution >= 4 is 38.8 Å². The van der Waals surface area contributed by atoms with Crippen LogP contribution in [-0.4, -0.2) is 18.7 Å². The van der Waals surface area contributed by atoms with Gasteiger partial charge in [-0.1, -0.05) is 60.2 Å². The number of hydrogen-bond donors (Lipinski definition) is 1. The van der Waals surface area contributed by atoms with Crippen LogP contribution in [0.2, 0.25) is 0 Å². The summed E-state index contributed by atoms with van der Waals surface area (Å²) in [5.41, 5.74) is 4.54. The molecule has 25 heavy (non-hydrogen) atoms. The Bertz CT molecular complexity index is 938. The van der Waals surface area contributed by atoms with Crippen LogP contribution in [0.5, 0.6) is 5.75 Å². The number of hydrogen-bond acceptors (Lipinski definition) is 3. The number of amides is 1. The summed E-state index contributed by atoms with van der Waals surface area (Å²) in [4.78, 5) is 11.9. The molecule has 4 nitrogen and oxygen atoms in total. The number of benzene rings is 3. The first-order chi connectivity index (χ1) is 12.1. The Labute approximate surface area is 154 Å². The van der Waals surface area contributed by atoms with Crippen LogP contribution in [0.25, 0.3) is 10.8 Å². The molecule has 126 valence electrons. The number of halogens is 1. The maximum atomic E-state index is 11.9. The van der Waals surface area contributed by atoms with Crippen LogP contribution >= 0.6 is 15.9 Å². The van der Waals surface area contributed by atoms with Gasteiger partial charge in [0.15, 0.2) is 6.61 Å². The van der Waals surface area contributed by atoms with E-state index in [0.717, 1.165) is 26.4 Å². The van der Waals surface area contributed by atoms with E-state index in [9.17, 15) is 4.79 Å². The van der Waals surface area contributed by atoms with E-state index in [1.807, 2.05) is 67.6 Å². The average molecular weight is 397 g/mol. The van der Waals surface area contributed by atoms with E-state index in [0.29, 0.717) is 5.75 Å². The van der Waals surface area contributed by atoms with Gasteiger partial charge in [0.2, 0.25) is 0 Å². The lowest BCUT2D eigenvalue weighted by atomic mass is 10.1. The summed E-state index contributed by atoms with van der Waals surface area (Å²) in [5, 5.41) is 6.10. The lowest BCUT2D eigenvalue weighted by Crippen LogP contribution is -2.24. The number of nitrogens with zero attached hydrogens (tertiary/aromatic N) is 1. The molecule has 3 aromatic carbocycles. The fourth-order valence-corrected chi connectivity index (χ4v) is 3.04. The van der Waals surface area contributed by atoms with Gasteiger partial charge >= 0.3 is 0 Å². The third-order valence-corrected chi connectivity index (χ3v) is 4.45. The van der Waals surface area contributed by atoms with Gasteiger partial charge in [0.05, 0.1) is 10.7 Å². The van der Waals surface area contributed by atoms with E-state index in [-0.39, 0.29) is 12.5 Å². The molecule has 0 saturated carbocycles. The Morgan fingerprint density at radius 2 is 2.00 bits per heavy atom. The topological polar surface area (TPSA) is 50.7 Å². The zero-order valence-corrected chi connectivity index (χ0v) is 15.3. The van der Waals surface area contributed by atoms with Gasteiger partial charge in [-0.15, -0.1) is 0 Å². The lowest BCUT2D eigenvalue weighted by Gasteiger charge is -2.09. The van der Waals surface area contributed by atoms with Crippen LogP contribution in [0.4, 0.5) is 0 Å². The van der Waals surface area contributed by atoms with E-state index < -0.39 is 0 Å². The molecule has 1 N–H and O–H groups in total. The molecule has 0 fully saturated rings. The van der Waals surface area contributed by atoms with Gasteiger partial charge in [0.25, 0.3) is 5.91 Å². The molecule has 3 aromatic rings. The van der Waals surface area contributed by atoms with Gasteiger partial charge in [-0.3, -0.25) is 4.79 Å². The highest BCUT2D eigenvalue weighted by Crippen LogP contribution is 2.32. The van der Waals surface area contributed by atoms with Crippen LogP contribution in [-0.2, 0) is 4.79 Å². The van der Waals surface area contributed by atoms with Crippen molar-refractivity contribution in [3.05, 3.63) is 76.3 Å². The van der Waals surface area contributed by atoms with E-state index in [1.54, 1.807) is 6.21 Å². The predicted octanol–water partition coefficient (Wildman–Crippen LogP) is 4.44. The Balaban J connectivity index is 1.58. The van der Waals surface area contributed by atoms with Crippen LogP contribution in [0.1, 0.15) is 11.1 Å². The number of carbonyl (C=O) groups excluding carboxylic acids is 1. The number of ether oxygens (including phenoxy) is 1. The van der Waals surface area contributed by atoms with Gasteiger partial charge in [0, 0.05) is 0 Å². The Kier molecular flexibility index (Phi) is 5.46. The van der Waals surface area contributed by atoms with E-state index >= 15 is 0 Å². The van der Waals surface area contributed by atoms with Crippen molar-refractivity contribution in [1.82, 2.24) is 5.43 Å². The van der Waals surface area contributed by atoms with Gasteiger partial charge < -0.3 is 4.74 Å². The fourth-order valence-electron chi connectivity index (χ4n) is 2.43. The second kappa shape index (κ2) is 7.94. The molecular weight excluding hydrogens is 380 g/mol. The second-order valence-electron chi connectivity index (χ2n) is 5.59. The largest absolute Gasteiger partial charge is 0.483 e. The molecule has 0 spiro atoms. The zero-order chi connectivity index (χ0) is 17.6. The summed E-state index contributed by atoms with van der Waals surface area (Å²) in [6.45, 7) is 1.90. The molecule has 0 aliphatic heterocycles. The van der Waals surface area contributed by atoms with Gasteiger partial charge in [-0.2, -0.15) is 5.10 Å². The molecule has 0 radical (unpaired) electrons. The molecule has 0 heterocycles. The SMILES string of the molecule is Cc1cccc(/C=N/NC(=O)COc2ccc3ccccc3c2Br)c1. The molecular formula is C20H17BrN2O2. The monoisotopic (exact) mass is 396 g/mol. The lowest BCUT2D eigenvalue weighted by molar-refractivity contribution is -0.123. The van der Waals surface area contributed by atoms with Crippen LogP contribution in [0, 0.1) is 6.92 Å². The first-order valence-electron chi connectivity index (χ1n) is 7.82. The van der Waals surface area contributed by atoms with E-state index in [4.69, 9.17) is 4.74 Å². The molecule has 0 atom stereocenters. The summed E-state index contributed by atoms with van der Waals surface area (Å²) in [6.07, 6.45) is 1.61. The van der Waals surface area contributed by atoms with Crippen molar-refractivity contribution in [2.45, 2.75) is 6.92 Å². The van der Waals surface area contributed by atoms with Crippen LogP contribution < -0.4 is 10.2 Å². The maximum Gasteiger partial charge on any atom is 0.277 e. The van der Waals surface area contributed by atoms with Crippen molar-refractivity contribution in [3.63, 3.8) is 0 Å². The minimum atomic E-state index is -0.316.